The minimum Gasteiger partial charge on any atom is -0.462 e. The van der Waals surface area contributed by atoms with E-state index in [9.17, 15) is 23.1 Å². The second kappa shape index (κ2) is 8.57. The van der Waals surface area contributed by atoms with Crippen molar-refractivity contribution in [1.82, 2.24) is 4.98 Å². The highest BCUT2D eigenvalue weighted by Crippen LogP contribution is 2.40. The molecule has 0 aliphatic rings. The first-order valence-corrected chi connectivity index (χ1v) is 9.31. The van der Waals surface area contributed by atoms with Gasteiger partial charge in [-0.05, 0) is 36.8 Å². The Morgan fingerprint density at radius 2 is 1.90 bits per heavy atom. The molecule has 30 heavy (non-hydrogen) atoms. The number of carbonyl (C=O) groups is 1. The third kappa shape index (κ3) is 4.88. The molecule has 158 valence electrons. The van der Waals surface area contributed by atoms with Crippen molar-refractivity contribution in [3.8, 4) is 11.6 Å². The van der Waals surface area contributed by atoms with Crippen LogP contribution in [0.1, 0.15) is 18.1 Å². The predicted octanol–water partition coefficient (Wildman–Crippen LogP) is 6.52. The molecule has 1 unspecified atom stereocenters. The van der Waals surface area contributed by atoms with Gasteiger partial charge in [0, 0.05) is 27.4 Å². The lowest BCUT2D eigenvalue weighted by Gasteiger charge is -2.21. The molecule has 0 saturated heterocycles. The van der Waals surface area contributed by atoms with Crippen LogP contribution in [-0.2, 0) is 6.42 Å². The second-order valence-electron chi connectivity index (χ2n) is 6.32. The third-order valence-corrected chi connectivity index (χ3v) is 4.84. The smallest absolute Gasteiger partial charge is 0.462 e. The molecular formula is C20H14Cl2F3NO4. The predicted molar refractivity (Wildman–Crippen MR) is 106 cm³/mol. The lowest BCUT2D eigenvalue weighted by molar-refractivity contribution is -0.190. The molecule has 1 atom stereocenters. The van der Waals surface area contributed by atoms with Crippen molar-refractivity contribution in [3.05, 3.63) is 63.6 Å². The number of hydrogen-bond donors (Lipinski definition) is 1. The summed E-state index contributed by atoms with van der Waals surface area (Å²) in [5, 5.41) is 10.3. The van der Waals surface area contributed by atoms with E-state index in [1.165, 1.54) is 18.2 Å². The van der Waals surface area contributed by atoms with Gasteiger partial charge in [0.05, 0.1) is 5.52 Å². The number of fused-ring (bicyclic) bond motifs is 1. The van der Waals surface area contributed by atoms with Gasteiger partial charge in [0.2, 0.25) is 5.75 Å². The summed E-state index contributed by atoms with van der Waals surface area (Å²) in [5.41, 5.74) is 1.07. The highest BCUT2D eigenvalue weighted by molar-refractivity contribution is 6.31. The summed E-state index contributed by atoms with van der Waals surface area (Å²) >= 11 is 12.3. The normalized spacial score (nSPS) is 12.6. The van der Waals surface area contributed by atoms with Gasteiger partial charge in [0.15, 0.2) is 6.10 Å². The molecule has 5 nitrogen and oxygen atoms in total. The van der Waals surface area contributed by atoms with Gasteiger partial charge < -0.3 is 14.6 Å². The van der Waals surface area contributed by atoms with Crippen LogP contribution < -0.4 is 9.47 Å². The number of ether oxygens (including phenoxy) is 2. The average molecular weight is 460 g/mol. The third-order valence-electron chi connectivity index (χ3n) is 4.24. The molecule has 3 rings (SSSR count). The lowest BCUT2D eigenvalue weighted by atomic mass is 10.00. The number of benzene rings is 2. The van der Waals surface area contributed by atoms with Crippen LogP contribution in [0.3, 0.4) is 0 Å². The maximum Gasteiger partial charge on any atom is 0.511 e. The van der Waals surface area contributed by atoms with Crippen molar-refractivity contribution in [2.24, 2.45) is 0 Å². The molecule has 10 heteroatoms. The number of alkyl halides is 3. The SMILES string of the molecule is CC(Oc1nc2ccc(Cl)cc2c(Cc2ccccc2Cl)c1OC(=O)O)C(F)(F)F. The van der Waals surface area contributed by atoms with Crippen LogP contribution in [0.25, 0.3) is 10.9 Å². The molecule has 0 amide bonds. The first kappa shape index (κ1) is 22.0. The van der Waals surface area contributed by atoms with Crippen molar-refractivity contribution in [1.29, 1.82) is 0 Å². The van der Waals surface area contributed by atoms with Crippen molar-refractivity contribution in [2.45, 2.75) is 25.6 Å². The molecule has 1 aromatic heterocycles. The molecule has 2 aromatic carbocycles. The Morgan fingerprint density at radius 3 is 2.53 bits per heavy atom. The minimum atomic E-state index is -4.69. The van der Waals surface area contributed by atoms with Crippen LogP contribution in [0, 0.1) is 0 Å². The fourth-order valence-corrected chi connectivity index (χ4v) is 3.15. The first-order chi connectivity index (χ1) is 14.1. The molecule has 1 heterocycles. The Hall–Kier alpha value is -2.71. The Kier molecular flexibility index (Phi) is 6.28. The zero-order chi connectivity index (χ0) is 22.1. The molecule has 0 fully saturated rings. The minimum absolute atomic E-state index is 0.0401. The van der Waals surface area contributed by atoms with E-state index in [-0.39, 0.29) is 17.5 Å². The summed E-state index contributed by atoms with van der Waals surface area (Å²) < 4.78 is 48.9. The number of carboxylic acid groups (broad SMARTS) is 1. The van der Waals surface area contributed by atoms with Crippen molar-refractivity contribution in [3.63, 3.8) is 0 Å². The molecule has 0 spiro atoms. The van der Waals surface area contributed by atoms with Crippen LogP contribution in [-0.4, -0.2) is 28.5 Å². The Balaban J connectivity index is 2.26. The molecule has 0 radical (unpaired) electrons. The van der Waals surface area contributed by atoms with Crippen LogP contribution in [0.5, 0.6) is 11.6 Å². The molecular weight excluding hydrogens is 446 g/mol. The van der Waals surface area contributed by atoms with E-state index >= 15 is 0 Å². The Bertz CT molecular complexity index is 1110. The van der Waals surface area contributed by atoms with E-state index in [4.69, 9.17) is 32.7 Å². The van der Waals surface area contributed by atoms with Gasteiger partial charge in [-0.1, -0.05) is 41.4 Å². The van der Waals surface area contributed by atoms with E-state index in [1.807, 2.05) is 0 Å². The molecule has 0 aliphatic heterocycles. The summed E-state index contributed by atoms with van der Waals surface area (Å²) in [6, 6.07) is 11.3. The molecule has 1 N–H and O–H groups in total. The zero-order valence-corrected chi connectivity index (χ0v) is 16.8. The summed E-state index contributed by atoms with van der Waals surface area (Å²) in [4.78, 5) is 15.3. The fraction of sp³-hybridized carbons (Fsp3) is 0.200. The van der Waals surface area contributed by atoms with E-state index < -0.39 is 30.1 Å². The number of rotatable bonds is 5. The van der Waals surface area contributed by atoms with E-state index in [2.05, 4.69) is 4.98 Å². The van der Waals surface area contributed by atoms with E-state index in [0.717, 1.165) is 6.92 Å². The highest BCUT2D eigenvalue weighted by Gasteiger charge is 2.39. The summed E-state index contributed by atoms with van der Waals surface area (Å²) in [7, 11) is 0. The molecule has 0 aliphatic carbocycles. The molecule has 0 bridgehead atoms. The number of nitrogens with zero attached hydrogens (tertiary/aromatic N) is 1. The van der Waals surface area contributed by atoms with Gasteiger partial charge in [-0.15, -0.1) is 0 Å². The van der Waals surface area contributed by atoms with Gasteiger partial charge in [-0.25, -0.2) is 9.78 Å². The Morgan fingerprint density at radius 1 is 1.20 bits per heavy atom. The number of halogens is 5. The fourth-order valence-electron chi connectivity index (χ4n) is 2.77. The average Bonchev–Trinajstić information content (AvgIpc) is 2.65. The van der Waals surface area contributed by atoms with Gasteiger partial charge in [-0.2, -0.15) is 13.2 Å². The zero-order valence-electron chi connectivity index (χ0n) is 15.3. The van der Waals surface area contributed by atoms with Crippen LogP contribution >= 0.6 is 23.2 Å². The van der Waals surface area contributed by atoms with E-state index in [0.29, 0.717) is 21.0 Å². The number of hydrogen-bond acceptors (Lipinski definition) is 4. The van der Waals surface area contributed by atoms with Crippen molar-refractivity contribution in [2.75, 3.05) is 0 Å². The van der Waals surface area contributed by atoms with Gasteiger partial charge in [0.25, 0.3) is 5.88 Å². The van der Waals surface area contributed by atoms with Crippen LogP contribution in [0.4, 0.5) is 18.0 Å². The van der Waals surface area contributed by atoms with Gasteiger partial charge in [-0.3, -0.25) is 0 Å². The maximum atomic E-state index is 13.1. The van der Waals surface area contributed by atoms with Crippen molar-refractivity contribution < 1.29 is 32.5 Å². The van der Waals surface area contributed by atoms with Gasteiger partial charge >= 0.3 is 12.3 Å². The molecule has 0 saturated carbocycles. The topological polar surface area (TPSA) is 68.7 Å². The van der Waals surface area contributed by atoms with Crippen LogP contribution in [0.15, 0.2) is 42.5 Å². The highest BCUT2D eigenvalue weighted by atomic mass is 35.5. The number of aromatic nitrogens is 1. The summed E-state index contributed by atoms with van der Waals surface area (Å²) in [6.45, 7) is 0.784. The summed E-state index contributed by atoms with van der Waals surface area (Å²) in [6.07, 6.45) is -8.64. The first-order valence-electron chi connectivity index (χ1n) is 8.56. The standard InChI is InChI=1S/C20H14Cl2F3NO4/c1-10(20(23,24)25)29-18-17(30-19(27)28)14(8-11-4-2-3-5-15(11)22)13-9-12(21)6-7-16(13)26-18/h2-7,9-10H,8H2,1H3,(H,27,28). The Labute approximate surface area is 179 Å². The van der Waals surface area contributed by atoms with Crippen LogP contribution in [0.2, 0.25) is 10.0 Å². The monoisotopic (exact) mass is 459 g/mol. The largest absolute Gasteiger partial charge is 0.511 e. The summed E-state index contributed by atoms with van der Waals surface area (Å²) in [5.74, 6) is -1.05. The van der Waals surface area contributed by atoms with E-state index in [1.54, 1.807) is 24.3 Å². The van der Waals surface area contributed by atoms with Gasteiger partial charge in [0.1, 0.15) is 0 Å². The number of pyridine rings is 1. The lowest BCUT2D eigenvalue weighted by Crippen LogP contribution is -2.31. The second-order valence-corrected chi connectivity index (χ2v) is 7.17. The van der Waals surface area contributed by atoms with Crippen molar-refractivity contribution >= 4 is 40.3 Å². The molecule has 3 aromatic rings. The maximum absolute atomic E-state index is 13.1. The quantitative estimate of drug-likeness (QED) is 0.439.